The predicted octanol–water partition coefficient (Wildman–Crippen LogP) is 1.55. The van der Waals surface area contributed by atoms with E-state index in [2.05, 4.69) is 5.32 Å². The van der Waals surface area contributed by atoms with Crippen molar-refractivity contribution in [2.45, 2.75) is 38.8 Å². The molecule has 4 nitrogen and oxygen atoms in total. The number of alkyl halides is 1. The molecule has 1 atom stereocenters. The molecule has 1 heterocycles. The van der Waals surface area contributed by atoms with Gasteiger partial charge in [0.1, 0.15) is 12.3 Å². The maximum absolute atomic E-state index is 12.6. The molecule has 1 fully saturated rings. The lowest BCUT2D eigenvalue weighted by atomic mass is 10.2. The van der Waals surface area contributed by atoms with Crippen molar-refractivity contribution in [1.29, 1.82) is 0 Å². The largest absolute Gasteiger partial charge is 0.444 e. The van der Waals surface area contributed by atoms with Crippen LogP contribution in [0, 0.1) is 0 Å². The van der Waals surface area contributed by atoms with Gasteiger partial charge in [0, 0.05) is 13.1 Å². The highest BCUT2D eigenvalue weighted by molar-refractivity contribution is 5.68. The zero-order valence-electron chi connectivity index (χ0n) is 10.3. The number of halogens is 1. The standard InChI is InChI=1S/C11H21FN2O2/c1-11(2,3)16-10(15)14-6-4-5-13-9(7-12)8-14/h9,13H,4-8H2,1-3H3. The molecule has 16 heavy (non-hydrogen) atoms. The number of hydrogen-bond donors (Lipinski definition) is 1. The highest BCUT2D eigenvalue weighted by atomic mass is 19.1. The lowest BCUT2D eigenvalue weighted by Gasteiger charge is -2.27. The second kappa shape index (κ2) is 5.48. The highest BCUT2D eigenvalue weighted by Gasteiger charge is 2.25. The summed E-state index contributed by atoms with van der Waals surface area (Å²) in [5.74, 6) is 0. The fourth-order valence-electron chi connectivity index (χ4n) is 1.59. The summed E-state index contributed by atoms with van der Waals surface area (Å²) < 4.78 is 17.9. The zero-order valence-corrected chi connectivity index (χ0v) is 10.3. The maximum Gasteiger partial charge on any atom is 0.410 e. The summed E-state index contributed by atoms with van der Waals surface area (Å²) in [6, 6.07) is -0.269. The van der Waals surface area contributed by atoms with E-state index >= 15 is 0 Å². The van der Waals surface area contributed by atoms with Crippen LogP contribution in [0.3, 0.4) is 0 Å². The number of nitrogens with one attached hydrogen (secondary N) is 1. The van der Waals surface area contributed by atoms with E-state index < -0.39 is 12.3 Å². The van der Waals surface area contributed by atoms with Crippen molar-refractivity contribution in [3.05, 3.63) is 0 Å². The molecule has 0 spiro atoms. The van der Waals surface area contributed by atoms with Crippen LogP contribution in [0.25, 0.3) is 0 Å². The number of carbonyl (C=O) groups excluding carboxylic acids is 1. The van der Waals surface area contributed by atoms with Crippen molar-refractivity contribution in [2.75, 3.05) is 26.3 Å². The molecule has 1 rings (SSSR count). The topological polar surface area (TPSA) is 41.6 Å². The van der Waals surface area contributed by atoms with Gasteiger partial charge >= 0.3 is 6.09 Å². The summed E-state index contributed by atoms with van der Waals surface area (Å²) in [5, 5.41) is 3.05. The number of rotatable bonds is 1. The molecule has 0 bridgehead atoms. The van der Waals surface area contributed by atoms with E-state index in [0.29, 0.717) is 13.1 Å². The molecule has 1 aliphatic rings. The summed E-state index contributed by atoms with van der Waals surface area (Å²) in [4.78, 5) is 13.4. The highest BCUT2D eigenvalue weighted by Crippen LogP contribution is 2.11. The maximum atomic E-state index is 12.6. The van der Waals surface area contributed by atoms with Gasteiger partial charge in [-0.25, -0.2) is 9.18 Å². The Balaban J connectivity index is 2.53. The van der Waals surface area contributed by atoms with Gasteiger partial charge in [0.15, 0.2) is 0 Å². The van der Waals surface area contributed by atoms with Crippen molar-refractivity contribution in [3.63, 3.8) is 0 Å². The molecule has 0 aromatic carbocycles. The van der Waals surface area contributed by atoms with Gasteiger partial charge in [0.2, 0.25) is 0 Å². The van der Waals surface area contributed by atoms with Crippen molar-refractivity contribution in [2.24, 2.45) is 0 Å². The van der Waals surface area contributed by atoms with Crippen LogP contribution in [0.4, 0.5) is 9.18 Å². The molecule has 0 aromatic rings. The minimum Gasteiger partial charge on any atom is -0.444 e. The minimum absolute atomic E-state index is 0.269. The van der Waals surface area contributed by atoms with E-state index in [1.807, 2.05) is 20.8 Å². The molecular weight excluding hydrogens is 211 g/mol. The Morgan fingerprint density at radius 3 is 2.81 bits per heavy atom. The van der Waals surface area contributed by atoms with Gasteiger partial charge in [-0.05, 0) is 33.7 Å². The summed E-state index contributed by atoms with van der Waals surface area (Å²) in [5.41, 5.74) is -0.498. The van der Waals surface area contributed by atoms with Gasteiger partial charge in [-0.15, -0.1) is 0 Å². The van der Waals surface area contributed by atoms with Crippen LogP contribution >= 0.6 is 0 Å². The Kier molecular flexibility index (Phi) is 4.53. The molecular formula is C11H21FN2O2. The first-order chi connectivity index (χ1) is 7.42. The van der Waals surface area contributed by atoms with Gasteiger partial charge in [-0.1, -0.05) is 0 Å². The molecule has 1 unspecified atom stereocenters. The van der Waals surface area contributed by atoms with Crippen molar-refractivity contribution >= 4 is 6.09 Å². The number of hydrogen-bond acceptors (Lipinski definition) is 3. The molecule has 5 heteroatoms. The summed E-state index contributed by atoms with van der Waals surface area (Å²) >= 11 is 0. The third kappa shape index (κ3) is 4.35. The smallest absolute Gasteiger partial charge is 0.410 e. The first kappa shape index (κ1) is 13.2. The summed E-state index contributed by atoms with van der Waals surface area (Å²) in [6.45, 7) is 6.77. The SMILES string of the molecule is CC(C)(C)OC(=O)N1CCCNC(CF)C1. The van der Waals surface area contributed by atoms with E-state index in [0.717, 1.165) is 13.0 Å². The predicted molar refractivity (Wildman–Crippen MR) is 60.2 cm³/mol. The van der Waals surface area contributed by atoms with E-state index in [4.69, 9.17) is 4.74 Å². The Morgan fingerprint density at radius 1 is 1.56 bits per heavy atom. The lowest BCUT2D eigenvalue weighted by Crippen LogP contribution is -2.43. The number of ether oxygens (including phenoxy) is 1. The molecule has 94 valence electrons. The second-order valence-electron chi connectivity index (χ2n) is 5.09. The van der Waals surface area contributed by atoms with E-state index in [1.165, 1.54) is 0 Å². The van der Waals surface area contributed by atoms with E-state index in [9.17, 15) is 9.18 Å². The van der Waals surface area contributed by atoms with Gasteiger partial charge in [-0.2, -0.15) is 0 Å². The quantitative estimate of drug-likeness (QED) is 0.746. The van der Waals surface area contributed by atoms with Crippen LogP contribution in [0.1, 0.15) is 27.2 Å². The fourth-order valence-corrected chi connectivity index (χ4v) is 1.59. The lowest BCUT2D eigenvalue weighted by molar-refractivity contribution is 0.0244. The molecule has 1 aliphatic heterocycles. The monoisotopic (exact) mass is 232 g/mol. The second-order valence-corrected chi connectivity index (χ2v) is 5.09. The van der Waals surface area contributed by atoms with E-state index in [1.54, 1.807) is 4.90 Å². The minimum atomic E-state index is -0.498. The summed E-state index contributed by atoms with van der Waals surface area (Å²) in [6.07, 6.45) is 0.477. The Morgan fingerprint density at radius 2 is 2.25 bits per heavy atom. The Bertz CT molecular complexity index is 241. The normalized spacial score (nSPS) is 22.8. The van der Waals surface area contributed by atoms with Gasteiger partial charge in [-0.3, -0.25) is 0 Å². The molecule has 1 amide bonds. The number of amides is 1. The van der Waals surface area contributed by atoms with Crippen LogP contribution in [-0.2, 0) is 4.74 Å². The molecule has 1 saturated heterocycles. The fraction of sp³-hybridized carbons (Fsp3) is 0.909. The average molecular weight is 232 g/mol. The van der Waals surface area contributed by atoms with Crippen LogP contribution in [0.2, 0.25) is 0 Å². The zero-order chi connectivity index (χ0) is 12.2. The molecule has 0 aliphatic carbocycles. The third-order valence-electron chi connectivity index (χ3n) is 2.32. The molecule has 0 radical (unpaired) electrons. The molecule has 0 aromatic heterocycles. The van der Waals surface area contributed by atoms with E-state index in [-0.39, 0.29) is 12.1 Å². The number of carbonyl (C=O) groups is 1. The summed E-state index contributed by atoms with van der Waals surface area (Å²) in [7, 11) is 0. The third-order valence-corrected chi connectivity index (χ3v) is 2.32. The Labute approximate surface area is 96.1 Å². The first-order valence-electron chi connectivity index (χ1n) is 5.69. The van der Waals surface area contributed by atoms with Crippen LogP contribution in [-0.4, -0.2) is 48.9 Å². The van der Waals surface area contributed by atoms with Crippen molar-refractivity contribution in [3.8, 4) is 0 Å². The molecule has 1 N–H and O–H groups in total. The number of nitrogens with zero attached hydrogens (tertiary/aromatic N) is 1. The first-order valence-corrected chi connectivity index (χ1v) is 5.69. The van der Waals surface area contributed by atoms with Gasteiger partial charge in [0.05, 0.1) is 6.04 Å². The van der Waals surface area contributed by atoms with Crippen LogP contribution in [0.5, 0.6) is 0 Å². The Hall–Kier alpha value is -0.840. The van der Waals surface area contributed by atoms with Crippen LogP contribution < -0.4 is 5.32 Å². The average Bonchev–Trinajstić information content (AvgIpc) is 2.39. The van der Waals surface area contributed by atoms with Gasteiger partial charge in [0.25, 0.3) is 0 Å². The van der Waals surface area contributed by atoms with Crippen molar-refractivity contribution < 1.29 is 13.9 Å². The van der Waals surface area contributed by atoms with Crippen molar-refractivity contribution in [1.82, 2.24) is 10.2 Å². The van der Waals surface area contributed by atoms with Gasteiger partial charge < -0.3 is 15.0 Å². The van der Waals surface area contributed by atoms with Crippen LogP contribution in [0.15, 0.2) is 0 Å². The molecule has 0 saturated carbocycles.